The van der Waals surface area contributed by atoms with Crippen molar-refractivity contribution in [1.82, 2.24) is 24.6 Å². The van der Waals surface area contributed by atoms with Crippen molar-refractivity contribution in [1.29, 1.82) is 0 Å². The number of likely N-dealkylation sites (tertiary alicyclic amines) is 1. The summed E-state index contributed by atoms with van der Waals surface area (Å²) < 4.78 is 6.81. The molecule has 1 saturated heterocycles. The normalized spacial score (nSPS) is 16.9. The highest BCUT2D eigenvalue weighted by molar-refractivity contribution is 6.06. The summed E-state index contributed by atoms with van der Waals surface area (Å²) >= 11 is 0. The lowest BCUT2D eigenvalue weighted by Gasteiger charge is -2.30. The van der Waals surface area contributed by atoms with Crippen LogP contribution in [0.1, 0.15) is 54.9 Å². The number of hydrogen-bond donors (Lipinski definition) is 0. The van der Waals surface area contributed by atoms with Crippen LogP contribution in [-0.2, 0) is 16.6 Å². The molecule has 164 valence electrons. The molecule has 1 atom stereocenters. The minimum Gasteiger partial charge on any atom is -0.466 e. The van der Waals surface area contributed by atoms with Gasteiger partial charge in [-0.3, -0.25) is 19.2 Å². The molecule has 2 aromatic heterocycles. The fourth-order valence-corrected chi connectivity index (χ4v) is 4.42. The first-order chi connectivity index (χ1) is 14.3. The van der Waals surface area contributed by atoms with E-state index in [2.05, 4.69) is 21.9 Å². The Labute approximate surface area is 178 Å². The second kappa shape index (κ2) is 9.55. The summed E-state index contributed by atoms with van der Waals surface area (Å²) in [6.07, 6.45) is 2.39. The van der Waals surface area contributed by atoms with E-state index in [9.17, 15) is 9.59 Å². The molecule has 1 aliphatic rings. The van der Waals surface area contributed by atoms with Gasteiger partial charge < -0.3 is 9.64 Å². The van der Waals surface area contributed by atoms with Crippen LogP contribution >= 0.6 is 0 Å². The number of rotatable bonds is 8. The van der Waals surface area contributed by atoms with E-state index in [-0.39, 0.29) is 18.3 Å². The van der Waals surface area contributed by atoms with Crippen LogP contribution in [0.4, 0.5) is 0 Å². The van der Waals surface area contributed by atoms with Crippen molar-refractivity contribution in [3.05, 3.63) is 23.0 Å². The Bertz CT molecular complexity index is 923. The summed E-state index contributed by atoms with van der Waals surface area (Å²) in [6, 6.07) is 2.15. The van der Waals surface area contributed by atoms with Gasteiger partial charge in [0.05, 0.1) is 29.7 Å². The zero-order valence-electron chi connectivity index (χ0n) is 18.8. The van der Waals surface area contributed by atoms with E-state index in [1.807, 2.05) is 31.9 Å². The largest absolute Gasteiger partial charge is 0.466 e. The number of ether oxygens (including phenoxy) is 1. The second-order valence-corrected chi connectivity index (χ2v) is 7.95. The molecule has 2 aromatic rings. The zero-order valence-corrected chi connectivity index (χ0v) is 18.8. The van der Waals surface area contributed by atoms with Crippen molar-refractivity contribution in [3.8, 4) is 0 Å². The number of hydrogen-bond acceptors (Lipinski definition) is 6. The van der Waals surface area contributed by atoms with Gasteiger partial charge in [0.15, 0.2) is 5.65 Å². The molecule has 0 spiro atoms. The smallest absolute Gasteiger partial charge is 0.307 e. The Kier molecular flexibility index (Phi) is 7.07. The Morgan fingerprint density at radius 1 is 1.30 bits per heavy atom. The average Bonchev–Trinajstić information content (AvgIpc) is 3.27. The highest BCUT2D eigenvalue weighted by Gasteiger charge is 2.29. The molecule has 30 heavy (non-hydrogen) atoms. The monoisotopic (exact) mass is 415 g/mol. The van der Waals surface area contributed by atoms with Crippen LogP contribution in [0.2, 0.25) is 0 Å². The topological polar surface area (TPSA) is 80.6 Å². The third-order valence-electron chi connectivity index (χ3n) is 5.84. The quantitative estimate of drug-likeness (QED) is 0.616. The van der Waals surface area contributed by atoms with Crippen LogP contribution in [0.5, 0.6) is 0 Å². The first-order valence-electron chi connectivity index (χ1n) is 10.9. The van der Waals surface area contributed by atoms with Crippen molar-refractivity contribution in [2.45, 2.75) is 53.0 Å². The van der Waals surface area contributed by atoms with Gasteiger partial charge in [-0.15, -0.1) is 0 Å². The maximum absolute atomic E-state index is 13.7. The molecular weight excluding hydrogens is 382 g/mol. The fraction of sp³-hybridized carbons (Fsp3) is 0.636. The molecule has 0 aliphatic carbocycles. The summed E-state index contributed by atoms with van der Waals surface area (Å²) in [6.45, 7) is 11.0. The van der Waals surface area contributed by atoms with Crippen LogP contribution in [0, 0.1) is 13.8 Å². The number of pyridine rings is 1. The molecule has 1 amide bonds. The van der Waals surface area contributed by atoms with Crippen LogP contribution in [-0.4, -0.2) is 75.3 Å². The maximum atomic E-state index is 13.7. The van der Waals surface area contributed by atoms with Crippen LogP contribution in [0.15, 0.2) is 6.07 Å². The Hall–Kier alpha value is -2.48. The van der Waals surface area contributed by atoms with Crippen LogP contribution < -0.4 is 0 Å². The molecular formula is C22H33N5O3. The van der Waals surface area contributed by atoms with Gasteiger partial charge >= 0.3 is 5.97 Å². The summed E-state index contributed by atoms with van der Waals surface area (Å²) in [5, 5.41) is 5.25. The molecule has 0 N–H and O–H groups in total. The van der Waals surface area contributed by atoms with Crippen molar-refractivity contribution >= 4 is 22.9 Å². The number of fused-ring (bicyclic) bond motifs is 1. The third-order valence-corrected chi connectivity index (χ3v) is 5.84. The van der Waals surface area contributed by atoms with Gasteiger partial charge in [-0.2, -0.15) is 5.10 Å². The molecule has 0 radical (unpaired) electrons. The number of aromatic nitrogens is 3. The lowest BCUT2D eigenvalue weighted by Crippen LogP contribution is -2.44. The summed E-state index contributed by atoms with van der Waals surface area (Å²) in [5.41, 5.74) is 2.87. The highest BCUT2D eigenvalue weighted by Crippen LogP contribution is 2.25. The van der Waals surface area contributed by atoms with Gasteiger partial charge in [-0.25, -0.2) is 4.98 Å². The first-order valence-corrected chi connectivity index (χ1v) is 10.9. The number of carbonyl (C=O) groups is 2. The zero-order chi connectivity index (χ0) is 21.8. The van der Waals surface area contributed by atoms with Crippen molar-refractivity contribution in [2.75, 3.05) is 32.8 Å². The van der Waals surface area contributed by atoms with Crippen molar-refractivity contribution in [3.63, 3.8) is 0 Å². The third kappa shape index (κ3) is 4.64. The molecule has 1 unspecified atom stereocenters. The number of amides is 1. The van der Waals surface area contributed by atoms with Crippen LogP contribution in [0.3, 0.4) is 0 Å². The van der Waals surface area contributed by atoms with Crippen molar-refractivity contribution in [2.24, 2.45) is 7.05 Å². The predicted molar refractivity (Wildman–Crippen MR) is 115 cm³/mol. The van der Waals surface area contributed by atoms with E-state index in [0.717, 1.165) is 42.7 Å². The van der Waals surface area contributed by atoms with Gasteiger partial charge in [0.1, 0.15) is 0 Å². The maximum Gasteiger partial charge on any atom is 0.307 e. The van der Waals surface area contributed by atoms with Gasteiger partial charge in [0, 0.05) is 31.9 Å². The average molecular weight is 416 g/mol. The molecule has 3 rings (SSSR count). The van der Waals surface area contributed by atoms with Crippen molar-refractivity contribution < 1.29 is 14.3 Å². The number of likely N-dealkylation sites (N-methyl/N-ethyl adjacent to an activating group) is 1. The predicted octanol–water partition coefficient (Wildman–Crippen LogP) is 2.46. The number of carbonyl (C=O) groups excluding carboxylic acids is 2. The number of nitrogens with zero attached hydrogens (tertiary/aromatic N) is 5. The molecule has 1 aliphatic heterocycles. The van der Waals surface area contributed by atoms with Gasteiger partial charge in [0.2, 0.25) is 0 Å². The Morgan fingerprint density at radius 3 is 2.77 bits per heavy atom. The van der Waals surface area contributed by atoms with Gasteiger partial charge in [-0.1, -0.05) is 6.92 Å². The Balaban J connectivity index is 1.93. The standard InChI is InChI=1S/C22H33N5O3/c1-6-26-11-8-9-17(26)14-27(12-10-19(28)30-7-2)22(29)18-13-15(3)23-21-20(18)16(4)24-25(21)5/h13,17H,6-12,14H2,1-5H3. The molecule has 1 fully saturated rings. The lowest BCUT2D eigenvalue weighted by atomic mass is 10.1. The molecule has 3 heterocycles. The summed E-state index contributed by atoms with van der Waals surface area (Å²) in [7, 11) is 1.84. The van der Waals surface area contributed by atoms with Crippen LogP contribution in [0.25, 0.3) is 11.0 Å². The first kappa shape index (κ1) is 22.2. The minimum absolute atomic E-state index is 0.0751. The van der Waals surface area contributed by atoms with E-state index in [1.54, 1.807) is 11.6 Å². The van der Waals surface area contributed by atoms with Gasteiger partial charge in [-0.05, 0) is 52.8 Å². The SMILES string of the molecule is CCOC(=O)CCN(CC1CCCN1CC)C(=O)c1cc(C)nc2c1c(C)nn2C. The fourth-order valence-electron chi connectivity index (χ4n) is 4.42. The van der Waals surface area contributed by atoms with Gasteiger partial charge in [0.25, 0.3) is 5.91 Å². The van der Waals surface area contributed by atoms with E-state index < -0.39 is 0 Å². The minimum atomic E-state index is -0.275. The molecule has 0 bridgehead atoms. The Morgan fingerprint density at radius 2 is 2.07 bits per heavy atom. The second-order valence-electron chi connectivity index (χ2n) is 7.95. The van der Waals surface area contributed by atoms with E-state index in [1.165, 1.54) is 0 Å². The summed E-state index contributed by atoms with van der Waals surface area (Å²) in [4.78, 5) is 34.5. The number of aryl methyl sites for hydroxylation is 3. The molecule has 8 nitrogen and oxygen atoms in total. The van der Waals surface area contributed by atoms with E-state index in [4.69, 9.17) is 4.74 Å². The molecule has 0 aromatic carbocycles. The lowest BCUT2D eigenvalue weighted by molar-refractivity contribution is -0.143. The number of esters is 1. The molecule has 0 saturated carbocycles. The molecule has 8 heteroatoms. The van der Waals surface area contributed by atoms with E-state index in [0.29, 0.717) is 36.9 Å². The highest BCUT2D eigenvalue weighted by atomic mass is 16.5. The van der Waals surface area contributed by atoms with E-state index >= 15 is 0 Å². The summed E-state index contributed by atoms with van der Waals surface area (Å²) in [5.74, 6) is -0.350.